The highest BCUT2D eigenvalue weighted by Gasteiger charge is 2.25. The van der Waals surface area contributed by atoms with E-state index >= 15 is 0 Å². The summed E-state index contributed by atoms with van der Waals surface area (Å²) >= 11 is 6.00. The van der Waals surface area contributed by atoms with Crippen molar-refractivity contribution in [2.45, 2.75) is 13.0 Å². The molecule has 2 N–H and O–H groups in total. The van der Waals surface area contributed by atoms with Crippen LogP contribution in [0.4, 0.5) is 8.78 Å². The van der Waals surface area contributed by atoms with E-state index in [-0.39, 0.29) is 28.1 Å². The highest BCUT2D eigenvalue weighted by atomic mass is 35.5. The largest absolute Gasteiger partial charge is 0.344 e. The molecule has 0 aliphatic carbocycles. The minimum absolute atomic E-state index is 0.00815. The van der Waals surface area contributed by atoms with Crippen molar-refractivity contribution in [2.75, 3.05) is 12.0 Å². The molecule has 3 aromatic rings. The van der Waals surface area contributed by atoms with E-state index < -0.39 is 33.4 Å². The van der Waals surface area contributed by atoms with Gasteiger partial charge in [-0.3, -0.25) is 9.89 Å². The van der Waals surface area contributed by atoms with E-state index in [2.05, 4.69) is 15.5 Å². The highest BCUT2D eigenvalue weighted by molar-refractivity contribution is 7.90. The molecule has 0 saturated carbocycles. The molecule has 0 spiro atoms. The lowest BCUT2D eigenvalue weighted by atomic mass is 10.0. The number of hydrogen-bond acceptors (Lipinski definition) is 4. The van der Waals surface area contributed by atoms with Gasteiger partial charge in [0.25, 0.3) is 5.91 Å². The number of carbonyl (C=O) groups excluding carboxylic acids is 1. The number of nitrogens with zero attached hydrogens (tertiary/aromatic N) is 1. The summed E-state index contributed by atoms with van der Waals surface area (Å²) in [6, 6.07) is 7.47. The molecule has 30 heavy (non-hydrogen) atoms. The molecular formula is C20H18ClF2N3O3S. The monoisotopic (exact) mass is 453 g/mol. The van der Waals surface area contributed by atoms with E-state index in [0.717, 1.165) is 18.4 Å². The Morgan fingerprint density at radius 1 is 1.23 bits per heavy atom. The third kappa shape index (κ3) is 4.85. The summed E-state index contributed by atoms with van der Waals surface area (Å²) in [4.78, 5) is 12.9. The van der Waals surface area contributed by atoms with Crippen molar-refractivity contribution < 1.29 is 22.0 Å². The fourth-order valence-electron chi connectivity index (χ4n) is 3.09. The molecule has 10 heteroatoms. The minimum Gasteiger partial charge on any atom is -0.344 e. The second-order valence-electron chi connectivity index (χ2n) is 6.86. The lowest BCUT2D eigenvalue weighted by Gasteiger charge is -2.19. The van der Waals surface area contributed by atoms with Gasteiger partial charge in [-0.15, -0.1) is 0 Å². The molecule has 1 aromatic heterocycles. The number of amides is 1. The first-order valence-electron chi connectivity index (χ1n) is 8.79. The first-order chi connectivity index (χ1) is 14.1. The second kappa shape index (κ2) is 8.53. The number of hydrogen-bond donors (Lipinski definition) is 2. The molecule has 6 nitrogen and oxygen atoms in total. The maximum atomic E-state index is 14.4. The van der Waals surface area contributed by atoms with Crippen LogP contribution in [0.3, 0.4) is 0 Å². The first kappa shape index (κ1) is 21.9. The second-order valence-corrected chi connectivity index (χ2v) is 9.48. The van der Waals surface area contributed by atoms with Crippen molar-refractivity contribution >= 4 is 27.3 Å². The normalized spacial score (nSPS) is 12.6. The van der Waals surface area contributed by atoms with Gasteiger partial charge in [-0.2, -0.15) is 5.10 Å². The van der Waals surface area contributed by atoms with Crippen LogP contribution in [0, 0.1) is 18.6 Å². The number of aromatic amines is 1. The van der Waals surface area contributed by atoms with Gasteiger partial charge >= 0.3 is 0 Å². The summed E-state index contributed by atoms with van der Waals surface area (Å²) in [5.74, 6) is -2.44. The summed E-state index contributed by atoms with van der Waals surface area (Å²) in [6.07, 6.45) is 2.22. The zero-order valence-corrected chi connectivity index (χ0v) is 17.6. The van der Waals surface area contributed by atoms with Gasteiger partial charge in [0.1, 0.15) is 21.5 Å². The fourth-order valence-corrected chi connectivity index (χ4v) is 4.17. The summed E-state index contributed by atoms with van der Waals surface area (Å²) in [6.45, 7) is 1.38. The molecule has 158 valence electrons. The van der Waals surface area contributed by atoms with Gasteiger partial charge in [-0.05, 0) is 42.3 Å². The molecule has 1 heterocycles. The Kier molecular flexibility index (Phi) is 6.23. The molecule has 0 saturated heterocycles. The van der Waals surface area contributed by atoms with E-state index in [0.29, 0.717) is 10.6 Å². The molecule has 0 aliphatic rings. The zero-order valence-electron chi connectivity index (χ0n) is 16.0. The summed E-state index contributed by atoms with van der Waals surface area (Å²) in [5, 5.41) is 9.32. The summed E-state index contributed by atoms with van der Waals surface area (Å²) in [5.41, 5.74) is 0.310. The number of nitrogens with one attached hydrogen (secondary N) is 2. The number of halogens is 3. The number of benzene rings is 2. The molecule has 0 aliphatic heterocycles. The van der Waals surface area contributed by atoms with Crippen LogP contribution in [0.15, 0.2) is 42.6 Å². The van der Waals surface area contributed by atoms with E-state index in [1.54, 1.807) is 24.3 Å². The quantitative estimate of drug-likeness (QED) is 0.593. The number of H-pyrrole nitrogens is 1. The number of carbonyl (C=O) groups is 1. The molecule has 1 amide bonds. The Hall–Kier alpha value is -2.78. The molecule has 2 aromatic carbocycles. The first-order valence-corrected chi connectivity index (χ1v) is 11.2. The van der Waals surface area contributed by atoms with Crippen LogP contribution in [0.5, 0.6) is 0 Å². The van der Waals surface area contributed by atoms with Gasteiger partial charge in [0.15, 0.2) is 0 Å². The van der Waals surface area contributed by atoms with Gasteiger partial charge in [0, 0.05) is 16.8 Å². The van der Waals surface area contributed by atoms with Gasteiger partial charge < -0.3 is 5.32 Å². The maximum Gasteiger partial charge on any atom is 0.255 e. The van der Waals surface area contributed by atoms with Crippen molar-refractivity contribution in [3.05, 3.63) is 75.9 Å². The van der Waals surface area contributed by atoms with Crippen molar-refractivity contribution in [3.63, 3.8) is 0 Å². The van der Waals surface area contributed by atoms with Gasteiger partial charge in [-0.1, -0.05) is 23.7 Å². The zero-order chi connectivity index (χ0) is 22.1. The predicted molar refractivity (Wildman–Crippen MR) is 110 cm³/mol. The average Bonchev–Trinajstić information content (AvgIpc) is 3.13. The topological polar surface area (TPSA) is 91.9 Å². The lowest BCUT2D eigenvalue weighted by molar-refractivity contribution is 0.0941. The van der Waals surface area contributed by atoms with E-state index in [1.807, 2.05) is 0 Å². The Bertz CT molecular complexity index is 1210. The third-order valence-electron chi connectivity index (χ3n) is 4.51. The Morgan fingerprint density at radius 2 is 1.93 bits per heavy atom. The van der Waals surface area contributed by atoms with Crippen LogP contribution in [0.1, 0.15) is 27.5 Å². The highest BCUT2D eigenvalue weighted by Crippen LogP contribution is 2.30. The Morgan fingerprint density at radius 3 is 2.60 bits per heavy atom. The van der Waals surface area contributed by atoms with Crippen molar-refractivity contribution in [3.8, 4) is 11.3 Å². The lowest BCUT2D eigenvalue weighted by Crippen LogP contribution is -2.33. The molecule has 3 rings (SSSR count). The third-order valence-corrected chi connectivity index (χ3v) is 5.68. The van der Waals surface area contributed by atoms with Crippen molar-refractivity contribution in [1.29, 1.82) is 0 Å². The van der Waals surface area contributed by atoms with Gasteiger partial charge in [0.05, 0.1) is 29.2 Å². The van der Waals surface area contributed by atoms with Gasteiger partial charge in [0.2, 0.25) is 0 Å². The number of rotatable bonds is 6. The van der Waals surface area contributed by atoms with E-state index in [1.165, 1.54) is 13.1 Å². The van der Waals surface area contributed by atoms with Crippen LogP contribution in [0.25, 0.3) is 11.3 Å². The molecule has 0 bridgehead atoms. The Balaban J connectivity index is 1.99. The van der Waals surface area contributed by atoms with Crippen LogP contribution >= 0.6 is 11.6 Å². The summed E-state index contributed by atoms with van der Waals surface area (Å²) < 4.78 is 52.1. The average molecular weight is 454 g/mol. The number of sulfone groups is 1. The standard InChI is InChI=1S/C20H18ClF2N3O3S/c1-11-15(22)6-7-16(23)18(11)19-14(9-24-26-19)20(27)25-17(10-30(2,28)29)12-4-3-5-13(21)8-12/h3-9,17H,10H2,1-2H3,(H,24,26)(H,25,27)/t17-/m0/s1. The SMILES string of the molecule is Cc1c(F)ccc(F)c1-c1[nH]ncc1C(=O)N[C@@H](CS(C)(=O)=O)c1cccc(Cl)c1. The fraction of sp³-hybridized carbons (Fsp3) is 0.200. The molecule has 0 radical (unpaired) electrons. The van der Waals surface area contributed by atoms with Gasteiger partial charge in [-0.25, -0.2) is 17.2 Å². The van der Waals surface area contributed by atoms with E-state index in [9.17, 15) is 22.0 Å². The predicted octanol–water partition coefficient (Wildman–Crippen LogP) is 3.83. The van der Waals surface area contributed by atoms with Crippen LogP contribution < -0.4 is 5.32 Å². The Labute approximate surface area is 177 Å². The number of aromatic nitrogens is 2. The smallest absolute Gasteiger partial charge is 0.255 e. The minimum atomic E-state index is -3.47. The van der Waals surface area contributed by atoms with Crippen molar-refractivity contribution in [2.24, 2.45) is 0 Å². The maximum absolute atomic E-state index is 14.4. The molecular weight excluding hydrogens is 436 g/mol. The van der Waals surface area contributed by atoms with Crippen LogP contribution in [-0.4, -0.2) is 36.5 Å². The summed E-state index contributed by atoms with van der Waals surface area (Å²) in [7, 11) is -3.47. The molecule has 1 atom stereocenters. The molecule has 0 unspecified atom stereocenters. The van der Waals surface area contributed by atoms with Crippen molar-refractivity contribution in [1.82, 2.24) is 15.5 Å². The van der Waals surface area contributed by atoms with Crippen LogP contribution in [0.2, 0.25) is 5.02 Å². The van der Waals surface area contributed by atoms with Crippen LogP contribution in [-0.2, 0) is 9.84 Å². The molecule has 0 fully saturated rings. The van der Waals surface area contributed by atoms with E-state index in [4.69, 9.17) is 11.6 Å².